The smallest absolute Gasteiger partial charge is 0.165 e. The van der Waals surface area contributed by atoms with Crippen LogP contribution in [0.1, 0.15) is 18.7 Å². The van der Waals surface area contributed by atoms with Gasteiger partial charge in [0.2, 0.25) is 0 Å². The summed E-state index contributed by atoms with van der Waals surface area (Å²) >= 11 is 0. The maximum absolute atomic E-state index is 15.5. The van der Waals surface area contributed by atoms with E-state index in [1.165, 1.54) is 12.1 Å². The summed E-state index contributed by atoms with van der Waals surface area (Å²) in [7, 11) is 0. The van der Waals surface area contributed by atoms with Crippen molar-refractivity contribution in [3.8, 4) is 16.9 Å². The molecule has 0 saturated carbocycles. The highest BCUT2D eigenvalue weighted by Gasteiger charge is 2.28. The van der Waals surface area contributed by atoms with Gasteiger partial charge in [-0.05, 0) is 57.1 Å². The van der Waals surface area contributed by atoms with Crippen molar-refractivity contribution in [2.75, 3.05) is 49.9 Å². The number of nitrogens with zero attached hydrogens (tertiary/aromatic N) is 6. The van der Waals surface area contributed by atoms with E-state index in [2.05, 4.69) is 20.2 Å². The average Bonchev–Trinajstić information content (AvgIpc) is 3.24. The Labute approximate surface area is 214 Å². The quantitative estimate of drug-likeness (QED) is 0.440. The lowest BCUT2D eigenvalue weighted by Gasteiger charge is -2.41. The number of aryl methyl sites for hydroxylation is 1. The zero-order valence-electron chi connectivity index (χ0n) is 20.8. The van der Waals surface area contributed by atoms with E-state index in [0.717, 1.165) is 44.6 Å². The first-order chi connectivity index (χ1) is 18.0. The molecule has 2 aliphatic rings. The number of piperazine rings is 1. The van der Waals surface area contributed by atoms with Gasteiger partial charge in [0, 0.05) is 56.1 Å². The Balaban J connectivity index is 1.30. The maximum Gasteiger partial charge on any atom is 0.165 e. The molecule has 0 atom stereocenters. The molecule has 2 saturated heterocycles. The number of nitrogen functional groups attached to an aromatic ring is 1. The summed E-state index contributed by atoms with van der Waals surface area (Å²) in [6.45, 7) is 6.69. The van der Waals surface area contributed by atoms with Gasteiger partial charge in [0.15, 0.2) is 17.3 Å². The van der Waals surface area contributed by atoms with E-state index in [4.69, 9.17) is 10.7 Å². The van der Waals surface area contributed by atoms with Crippen LogP contribution in [0.3, 0.4) is 0 Å². The van der Waals surface area contributed by atoms with Gasteiger partial charge in [-0.1, -0.05) is 0 Å². The molecule has 192 valence electrons. The standard InChI is InChI=1S/C27H30F2N8/c1-17-33-24-3-2-23(18-4-9-32-25(30)14-18)34-27(24)37(17)20-15-21(28)26(22(29)16-20)36-12-10-35(11-13-36)19-5-7-31-8-6-19/h2-4,9,14-16,19,31H,5-8,10-13H2,1H3,(H2,30,32). The summed E-state index contributed by atoms with van der Waals surface area (Å²) in [4.78, 5) is 17.6. The first-order valence-corrected chi connectivity index (χ1v) is 12.7. The summed E-state index contributed by atoms with van der Waals surface area (Å²) in [5.74, 6) is -0.175. The van der Waals surface area contributed by atoms with Crippen LogP contribution in [0.5, 0.6) is 0 Å². The molecule has 2 fully saturated rings. The molecule has 1 aromatic carbocycles. The minimum atomic E-state index is -0.579. The van der Waals surface area contributed by atoms with Gasteiger partial charge in [0.1, 0.15) is 22.8 Å². The summed E-state index contributed by atoms with van der Waals surface area (Å²) in [5.41, 5.74) is 8.87. The molecule has 0 bridgehead atoms. The summed E-state index contributed by atoms with van der Waals surface area (Å²) in [6, 6.07) is 10.6. The number of halogens is 2. The molecule has 0 radical (unpaired) electrons. The van der Waals surface area contributed by atoms with Crippen LogP contribution in [0.25, 0.3) is 28.1 Å². The average molecular weight is 505 g/mol. The largest absolute Gasteiger partial charge is 0.384 e. The fourth-order valence-electron chi connectivity index (χ4n) is 5.61. The van der Waals surface area contributed by atoms with Gasteiger partial charge in [-0.2, -0.15) is 0 Å². The molecule has 4 aromatic rings. The number of fused-ring (bicyclic) bond motifs is 1. The third-order valence-corrected chi connectivity index (χ3v) is 7.46. The van der Waals surface area contributed by atoms with Gasteiger partial charge >= 0.3 is 0 Å². The second kappa shape index (κ2) is 9.68. The number of hydrogen-bond donors (Lipinski definition) is 2. The maximum atomic E-state index is 15.5. The Bertz CT molecular complexity index is 1410. The van der Waals surface area contributed by atoms with Crippen molar-refractivity contribution in [2.24, 2.45) is 0 Å². The highest BCUT2D eigenvalue weighted by Crippen LogP contribution is 2.31. The fourth-order valence-corrected chi connectivity index (χ4v) is 5.61. The number of pyridine rings is 2. The van der Waals surface area contributed by atoms with Crippen LogP contribution in [0.15, 0.2) is 42.6 Å². The number of piperidine rings is 1. The van der Waals surface area contributed by atoms with E-state index in [-0.39, 0.29) is 5.69 Å². The lowest BCUT2D eigenvalue weighted by Crippen LogP contribution is -2.53. The monoisotopic (exact) mass is 504 g/mol. The molecular weight excluding hydrogens is 474 g/mol. The molecule has 2 aliphatic heterocycles. The first kappa shape index (κ1) is 23.7. The van der Waals surface area contributed by atoms with E-state index in [9.17, 15) is 0 Å². The first-order valence-electron chi connectivity index (χ1n) is 12.7. The van der Waals surface area contributed by atoms with Crippen molar-refractivity contribution in [3.63, 3.8) is 0 Å². The molecule has 10 heteroatoms. The Morgan fingerprint density at radius 2 is 1.68 bits per heavy atom. The predicted octanol–water partition coefficient (Wildman–Crippen LogP) is 3.53. The van der Waals surface area contributed by atoms with Crippen LogP contribution in [0.2, 0.25) is 0 Å². The van der Waals surface area contributed by atoms with E-state index < -0.39 is 11.6 Å². The summed E-state index contributed by atoms with van der Waals surface area (Å²) in [6.07, 6.45) is 3.87. The fraction of sp³-hybridized carbons (Fsp3) is 0.370. The minimum absolute atomic E-state index is 0.0386. The van der Waals surface area contributed by atoms with Crippen molar-refractivity contribution in [1.29, 1.82) is 0 Å². The van der Waals surface area contributed by atoms with E-state index in [1.807, 2.05) is 23.1 Å². The van der Waals surface area contributed by atoms with Gasteiger partial charge in [-0.3, -0.25) is 9.47 Å². The molecule has 8 nitrogen and oxygen atoms in total. The zero-order valence-corrected chi connectivity index (χ0v) is 20.8. The number of nitrogens with two attached hydrogens (primary N) is 1. The van der Waals surface area contributed by atoms with Crippen molar-refractivity contribution in [2.45, 2.75) is 25.8 Å². The second-order valence-electron chi connectivity index (χ2n) is 9.77. The number of nitrogens with one attached hydrogen (secondary N) is 1. The SMILES string of the molecule is Cc1nc2ccc(-c3ccnc(N)c3)nc2n1-c1cc(F)c(N2CCN(C3CCNCC3)CC2)c(F)c1. The predicted molar refractivity (Wildman–Crippen MR) is 141 cm³/mol. The number of benzene rings is 1. The lowest BCUT2D eigenvalue weighted by atomic mass is 10.0. The van der Waals surface area contributed by atoms with Gasteiger partial charge in [-0.25, -0.2) is 23.7 Å². The molecule has 3 N–H and O–H groups in total. The van der Waals surface area contributed by atoms with Gasteiger partial charge in [0.25, 0.3) is 0 Å². The Morgan fingerprint density at radius 3 is 2.38 bits per heavy atom. The lowest BCUT2D eigenvalue weighted by molar-refractivity contribution is 0.153. The Hall–Kier alpha value is -3.63. The van der Waals surface area contributed by atoms with Crippen LogP contribution < -0.4 is 16.0 Å². The van der Waals surface area contributed by atoms with Gasteiger partial charge in [-0.15, -0.1) is 0 Å². The van der Waals surface area contributed by atoms with Crippen LogP contribution >= 0.6 is 0 Å². The van der Waals surface area contributed by atoms with Crippen molar-refractivity contribution in [1.82, 2.24) is 29.7 Å². The number of imidazole rings is 1. The van der Waals surface area contributed by atoms with E-state index >= 15 is 8.78 Å². The van der Waals surface area contributed by atoms with Crippen molar-refractivity contribution < 1.29 is 8.78 Å². The van der Waals surface area contributed by atoms with Gasteiger partial charge in [0.05, 0.1) is 11.4 Å². The molecule has 0 aliphatic carbocycles. The highest BCUT2D eigenvalue weighted by atomic mass is 19.1. The van der Waals surface area contributed by atoms with Crippen LogP contribution in [-0.2, 0) is 0 Å². The molecule has 3 aromatic heterocycles. The molecular formula is C27H30F2N8. The number of aromatic nitrogens is 4. The molecule has 6 rings (SSSR count). The summed E-state index contributed by atoms with van der Waals surface area (Å²) in [5, 5.41) is 3.39. The Morgan fingerprint density at radius 1 is 0.946 bits per heavy atom. The highest BCUT2D eigenvalue weighted by molar-refractivity contribution is 5.78. The Kier molecular flexibility index (Phi) is 6.21. The van der Waals surface area contributed by atoms with Crippen molar-refractivity contribution >= 4 is 22.7 Å². The zero-order chi connectivity index (χ0) is 25.5. The van der Waals surface area contributed by atoms with Crippen molar-refractivity contribution in [3.05, 3.63) is 60.1 Å². The third-order valence-electron chi connectivity index (χ3n) is 7.46. The molecule has 5 heterocycles. The summed E-state index contributed by atoms with van der Waals surface area (Å²) < 4.78 is 32.7. The van der Waals surface area contributed by atoms with Crippen LogP contribution in [0.4, 0.5) is 20.3 Å². The number of anilines is 2. The van der Waals surface area contributed by atoms with E-state index in [0.29, 0.717) is 53.3 Å². The second-order valence-corrected chi connectivity index (χ2v) is 9.77. The third kappa shape index (κ3) is 4.51. The normalized spacial score (nSPS) is 17.5. The van der Waals surface area contributed by atoms with Gasteiger partial charge < -0.3 is 16.0 Å². The van der Waals surface area contributed by atoms with Crippen LogP contribution in [-0.4, -0.2) is 69.7 Å². The molecule has 0 amide bonds. The van der Waals surface area contributed by atoms with E-state index in [1.54, 1.807) is 23.8 Å². The molecule has 0 unspecified atom stereocenters. The number of hydrogen-bond acceptors (Lipinski definition) is 7. The topological polar surface area (TPSA) is 88.1 Å². The van der Waals surface area contributed by atoms with Crippen LogP contribution in [0, 0.1) is 18.6 Å². The molecule has 0 spiro atoms. The number of rotatable bonds is 4. The minimum Gasteiger partial charge on any atom is -0.384 e. The molecule has 37 heavy (non-hydrogen) atoms.